The number of methoxy groups -OCH3 is 2. The van der Waals surface area contributed by atoms with Crippen LogP contribution in [0.15, 0.2) is 91.4 Å². The first-order valence-electron chi connectivity index (χ1n) is 11.4. The van der Waals surface area contributed by atoms with Crippen molar-refractivity contribution < 1.29 is 9.47 Å². The Morgan fingerprint density at radius 3 is 2.40 bits per heavy atom. The molecule has 0 fully saturated rings. The molecule has 3 aromatic carbocycles. The Labute approximate surface area is 204 Å². The van der Waals surface area contributed by atoms with Gasteiger partial charge in [0.1, 0.15) is 11.5 Å². The smallest absolute Gasteiger partial charge is 0.180 e. The fourth-order valence-electron chi connectivity index (χ4n) is 3.92. The molecule has 0 aliphatic heterocycles. The lowest BCUT2D eigenvalue weighted by molar-refractivity contribution is 0.410. The van der Waals surface area contributed by atoms with E-state index in [0.717, 1.165) is 52.0 Å². The molecule has 35 heavy (non-hydrogen) atoms. The van der Waals surface area contributed by atoms with Gasteiger partial charge in [-0.05, 0) is 35.9 Å². The lowest BCUT2D eigenvalue weighted by Gasteiger charge is -2.12. The Hall–Kier alpha value is -4.52. The molecule has 0 unspecified atom stereocenters. The molecule has 2 heterocycles. The van der Waals surface area contributed by atoms with E-state index >= 15 is 0 Å². The Balaban J connectivity index is 1.32. The predicted molar refractivity (Wildman–Crippen MR) is 139 cm³/mol. The van der Waals surface area contributed by atoms with Gasteiger partial charge in [0.25, 0.3) is 0 Å². The molecular weight excluding hydrogens is 438 g/mol. The summed E-state index contributed by atoms with van der Waals surface area (Å²) in [6, 6.07) is 24.3. The van der Waals surface area contributed by atoms with Crippen LogP contribution in [0.25, 0.3) is 16.9 Å². The van der Waals surface area contributed by atoms with Gasteiger partial charge in [-0.25, -0.2) is 9.97 Å². The molecule has 2 aromatic heterocycles. The largest absolute Gasteiger partial charge is 0.497 e. The molecule has 0 spiro atoms. The van der Waals surface area contributed by atoms with Crippen LogP contribution in [-0.4, -0.2) is 28.6 Å². The highest BCUT2D eigenvalue weighted by atomic mass is 16.5. The second-order valence-electron chi connectivity index (χ2n) is 8.08. The quantitative estimate of drug-likeness (QED) is 0.294. The van der Waals surface area contributed by atoms with Crippen molar-refractivity contribution in [3.05, 3.63) is 103 Å². The van der Waals surface area contributed by atoms with Crippen molar-refractivity contribution >= 4 is 17.2 Å². The van der Waals surface area contributed by atoms with E-state index in [1.807, 2.05) is 53.2 Å². The number of nitrogens with one attached hydrogen (secondary N) is 2. The number of imidazole rings is 1. The number of hydrogen-bond acceptors (Lipinski definition) is 6. The SMILES string of the molecule is COc1ccc(CNc2ccc(-c3cn4ccnc4c(NCc4ccccc4OC)n3)cc2)cc1. The molecule has 176 valence electrons. The lowest BCUT2D eigenvalue weighted by atomic mass is 10.1. The third-order valence-electron chi connectivity index (χ3n) is 5.85. The topological polar surface area (TPSA) is 72.7 Å². The summed E-state index contributed by atoms with van der Waals surface area (Å²) in [5, 5.41) is 6.90. The molecule has 0 radical (unpaired) electrons. The Kier molecular flexibility index (Phi) is 6.48. The highest BCUT2D eigenvalue weighted by Gasteiger charge is 2.10. The molecule has 2 N–H and O–H groups in total. The minimum Gasteiger partial charge on any atom is -0.497 e. The Morgan fingerprint density at radius 2 is 1.63 bits per heavy atom. The van der Waals surface area contributed by atoms with E-state index in [9.17, 15) is 0 Å². The van der Waals surface area contributed by atoms with Crippen LogP contribution in [-0.2, 0) is 13.1 Å². The third kappa shape index (κ3) is 5.04. The first-order chi connectivity index (χ1) is 17.2. The number of hydrogen-bond donors (Lipinski definition) is 2. The first-order valence-corrected chi connectivity index (χ1v) is 11.4. The van der Waals surface area contributed by atoms with E-state index in [0.29, 0.717) is 6.54 Å². The van der Waals surface area contributed by atoms with Crippen LogP contribution in [0.3, 0.4) is 0 Å². The summed E-state index contributed by atoms with van der Waals surface area (Å²) in [5.74, 6) is 2.42. The molecule has 5 aromatic rings. The van der Waals surface area contributed by atoms with Crippen molar-refractivity contribution in [2.45, 2.75) is 13.1 Å². The van der Waals surface area contributed by atoms with E-state index in [2.05, 4.69) is 52.0 Å². The summed E-state index contributed by atoms with van der Waals surface area (Å²) < 4.78 is 12.7. The Morgan fingerprint density at radius 1 is 0.829 bits per heavy atom. The molecule has 0 atom stereocenters. The highest BCUT2D eigenvalue weighted by Crippen LogP contribution is 2.25. The zero-order valence-electron chi connectivity index (χ0n) is 19.7. The van der Waals surface area contributed by atoms with Crippen LogP contribution in [0.1, 0.15) is 11.1 Å². The molecule has 0 saturated carbocycles. The maximum Gasteiger partial charge on any atom is 0.180 e. The molecule has 7 heteroatoms. The van der Waals surface area contributed by atoms with Crippen LogP contribution in [0.2, 0.25) is 0 Å². The number of nitrogens with zero attached hydrogens (tertiary/aromatic N) is 3. The van der Waals surface area contributed by atoms with Gasteiger partial charge in [-0.15, -0.1) is 0 Å². The van der Waals surface area contributed by atoms with Crippen LogP contribution >= 0.6 is 0 Å². The second kappa shape index (κ2) is 10.2. The summed E-state index contributed by atoms with van der Waals surface area (Å²) in [4.78, 5) is 9.36. The summed E-state index contributed by atoms with van der Waals surface area (Å²) in [6.45, 7) is 1.32. The molecule has 0 aliphatic rings. The zero-order chi connectivity index (χ0) is 24.0. The zero-order valence-corrected chi connectivity index (χ0v) is 19.7. The molecule has 7 nitrogen and oxygen atoms in total. The van der Waals surface area contributed by atoms with E-state index in [1.165, 1.54) is 5.56 Å². The molecule has 0 aliphatic carbocycles. The normalized spacial score (nSPS) is 10.8. The maximum absolute atomic E-state index is 5.48. The van der Waals surface area contributed by atoms with Crippen LogP contribution in [0.5, 0.6) is 11.5 Å². The number of anilines is 2. The minimum atomic E-state index is 0.581. The Bertz CT molecular complexity index is 1410. The van der Waals surface area contributed by atoms with Crippen molar-refractivity contribution in [1.82, 2.24) is 14.4 Å². The second-order valence-corrected chi connectivity index (χ2v) is 8.08. The van der Waals surface area contributed by atoms with Gasteiger partial charge in [0.15, 0.2) is 11.5 Å². The van der Waals surface area contributed by atoms with Crippen LogP contribution < -0.4 is 20.1 Å². The van der Waals surface area contributed by atoms with Gasteiger partial charge >= 0.3 is 0 Å². The van der Waals surface area contributed by atoms with Gasteiger partial charge in [-0.3, -0.25) is 0 Å². The van der Waals surface area contributed by atoms with Gasteiger partial charge in [-0.2, -0.15) is 0 Å². The van der Waals surface area contributed by atoms with E-state index < -0.39 is 0 Å². The number of ether oxygens (including phenoxy) is 2. The summed E-state index contributed by atoms with van der Waals surface area (Å²) in [6.07, 6.45) is 5.71. The predicted octanol–water partition coefficient (Wildman–Crippen LogP) is 5.64. The van der Waals surface area contributed by atoms with Crippen molar-refractivity contribution in [1.29, 1.82) is 0 Å². The molecule has 0 amide bonds. The number of fused-ring (bicyclic) bond motifs is 1. The standard InChI is InChI=1S/C28H27N5O2/c1-34-24-13-7-20(8-14-24)17-30-23-11-9-21(10-12-23)25-19-33-16-15-29-28(33)27(32-25)31-18-22-5-3-4-6-26(22)35-2/h3-16,19,30H,17-18H2,1-2H3,(H,31,32). The minimum absolute atomic E-state index is 0.581. The van der Waals surface area contributed by atoms with Crippen molar-refractivity contribution in [2.24, 2.45) is 0 Å². The van der Waals surface area contributed by atoms with E-state index in [4.69, 9.17) is 14.5 Å². The van der Waals surface area contributed by atoms with Gasteiger partial charge in [0.05, 0.1) is 19.9 Å². The number of benzene rings is 3. The molecule has 5 rings (SSSR count). The summed E-state index contributed by atoms with van der Waals surface area (Å²) in [5.41, 5.74) is 5.95. The highest BCUT2D eigenvalue weighted by molar-refractivity contribution is 5.70. The van der Waals surface area contributed by atoms with Gasteiger partial charge in [0.2, 0.25) is 0 Å². The van der Waals surface area contributed by atoms with E-state index in [1.54, 1.807) is 20.4 Å². The van der Waals surface area contributed by atoms with Crippen molar-refractivity contribution in [3.8, 4) is 22.8 Å². The molecule has 0 bridgehead atoms. The maximum atomic E-state index is 5.48. The third-order valence-corrected chi connectivity index (χ3v) is 5.85. The molecular formula is C28H27N5O2. The van der Waals surface area contributed by atoms with Crippen molar-refractivity contribution in [3.63, 3.8) is 0 Å². The fourth-order valence-corrected chi connectivity index (χ4v) is 3.92. The summed E-state index contributed by atoms with van der Waals surface area (Å²) >= 11 is 0. The number of aromatic nitrogens is 3. The lowest BCUT2D eigenvalue weighted by Crippen LogP contribution is -2.06. The average molecular weight is 466 g/mol. The van der Waals surface area contributed by atoms with Crippen LogP contribution in [0, 0.1) is 0 Å². The summed E-state index contributed by atoms with van der Waals surface area (Å²) in [7, 11) is 3.35. The first kappa shape index (κ1) is 22.3. The monoisotopic (exact) mass is 465 g/mol. The van der Waals surface area contributed by atoms with Gasteiger partial charge in [-0.1, -0.05) is 42.5 Å². The van der Waals surface area contributed by atoms with Gasteiger partial charge in [0, 0.05) is 48.5 Å². The van der Waals surface area contributed by atoms with Crippen molar-refractivity contribution in [2.75, 3.05) is 24.9 Å². The number of rotatable bonds is 9. The fraction of sp³-hybridized carbons (Fsp3) is 0.143. The average Bonchev–Trinajstić information content (AvgIpc) is 3.40. The molecule has 0 saturated heterocycles. The van der Waals surface area contributed by atoms with Crippen LogP contribution in [0.4, 0.5) is 11.5 Å². The van der Waals surface area contributed by atoms with E-state index in [-0.39, 0.29) is 0 Å². The van der Waals surface area contributed by atoms with Gasteiger partial charge < -0.3 is 24.5 Å². The number of para-hydroxylation sites is 1.